The Balaban J connectivity index is 3.21. The first-order valence-electron chi connectivity index (χ1n) is 3.05. The van der Waals surface area contributed by atoms with Crippen molar-refractivity contribution in [1.82, 2.24) is 0 Å². The van der Waals surface area contributed by atoms with Crippen LogP contribution in [-0.2, 0) is 0 Å². The molecule has 3 N–H and O–H groups in total. The number of benzene rings is 1. The first kappa shape index (κ1) is 9.20. The van der Waals surface area contributed by atoms with Crippen LogP contribution in [0.15, 0.2) is 18.2 Å². The molecule has 0 saturated carbocycles. The number of nitrogens with zero attached hydrogens (tertiary/aromatic N) is 1. The molecule has 0 atom stereocenters. The van der Waals surface area contributed by atoms with Crippen molar-refractivity contribution >= 4 is 34.0 Å². The number of hydrogen-bond donors (Lipinski definition) is 2. The molecule has 0 unspecified atom stereocenters. The maximum atomic E-state index is 10.4. The SMILES string of the molecule is NNc1ccc(I)cc1[N+](=O)[O-]. The van der Waals surface area contributed by atoms with Crippen LogP contribution in [-0.4, -0.2) is 4.92 Å². The molecule has 64 valence electrons. The van der Waals surface area contributed by atoms with Gasteiger partial charge in [0.15, 0.2) is 0 Å². The van der Waals surface area contributed by atoms with Crippen molar-refractivity contribution in [2.45, 2.75) is 0 Å². The van der Waals surface area contributed by atoms with Gasteiger partial charge in [0.2, 0.25) is 0 Å². The first-order valence-corrected chi connectivity index (χ1v) is 4.13. The maximum absolute atomic E-state index is 10.4. The second-order valence-corrected chi connectivity index (χ2v) is 3.31. The summed E-state index contributed by atoms with van der Waals surface area (Å²) >= 11 is 2.00. The molecule has 12 heavy (non-hydrogen) atoms. The van der Waals surface area contributed by atoms with Crippen LogP contribution in [0, 0.1) is 13.7 Å². The van der Waals surface area contributed by atoms with Gasteiger partial charge in [0, 0.05) is 9.64 Å². The number of nitro benzene ring substituents is 1. The van der Waals surface area contributed by atoms with E-state index in [1.807, 2.05) is 22.6 Å². The maximum Gasteiger partial charge on any atom is 0.294 e. The fourth-order valence-corrected chi connectivity index (χ4v) is 1.25. The van der Waals surface area contributed by atoms with E-state index >= 15 is 0 Å². The predicted molar refractivity (Wildman–Crippen MR) is 53.6 cm³/mol. The van der Waals surface area contributed by atoms with Crippen molar-refractivity contribution in [2.75, 3.05) is 5.43 Å². The molecule has 0 fully saturated rings. The van der Waals surface area contributed by atoms with Crippen LogP contribution in [0.3, 0.4) is 0 Å². The molecule has 0 aliphatic carbocycles. The van der Waals surface area contributed by atoms with Gasteiger partial charge in [-0.3, -0.25) is 16.0 Å². The zero-order chi connectivity index (χ0) is 9.14. The molecule has 1 aromatic rings. The van der Waals surface area contributed by atoms with Gasteiger partial charge in [-0.2, -0.15) is 0 Å². The lowest BCUT2D eigenvalue weighted by Crippen LogP contribution is -2.08. The van der Waals surface area contributed by atoms with Gasteiger partial charge in [-0.1, -0.05) is 0 Å². The summed E-state index contributed by atoms with van der Waals surface area (Å²) in [5.74, 6) is 5.08. The van der Waals surface area contributed by atoms with Crippen molar-refractivity contribution in [3.8, 4) is 0 Å². The highest BCUT2D eigenvalue weighted by Crippen LogP contribution is 2.24. The van der Waals surface area contributed by atoms with Crippen LogP contribution in [0.1, 0.15) is 0 Å². The summed E-state index contributed by atoms with van der Waals surface area (Å²) in [5, 5.41) is 10.4. The summed E-state index contributed by atoms with van der Waals surface area (Å²) in [6.45, 7) is 0. The van der Waals surface area contributed by atoms with E-state index in [2.05, 4.69) is 5.43 Å². The Morgan fingerprint density at radius 2 is 2.25 bits per heavy atom. The molecule has 6 heteroatoms. The largest absolute Gasteiger partial charge is 0.318 e. The molecule has 0 amide bonds. The molecule has 1 aromatic carbocycles. The zero-order valence-electron chi connectivity index (χ0n) is 5.95. The van der Waals surface area contributed by atoms with Gasteiger partial charge < -0.3 is 5.43 Å². The molecule has 0 bridgehead atoms. The number of hydrogen-bond acceptors (Lipinski definition) is 4. The lowest BCUT2D eigenvalue weighted by atomic mass is 10.3. The van der Waals surface area contributed by atoms with Crippen molar-refractivity contribution < 1.29 is 4.92 Å². The summed E-state index contributed by atoms with van der Waals surface area (Å²) in [6.07, 6.45) is 0. The Kier molecular flexibility index (Phi) is 2.82. The standard InChI is InChI=1S/C6H6IN3O2/c7-4-1-2-5(9-8)6(3-4)10(11)12/h1-3,9H,8H2. The third-order valence-corrected chi connectivity index (χ3v) is 1.98. The van der Waals surface area contributed by atoms with E-state index in [1.165, 1.54) is 6.07 Å². The van der Waals surface area contributed by atoms with Gasteiger partial charge in [-0.25, -0.2) is 0 Å². The molecule has 0 heterocycles. The highest BCUT2D eigenvalue weighted by Gasteiger charge is 2.12. The van der Waals surface area contributed by atoms with Crippen LogP contribution in [0.25, 0.3) is 0 Å². The van der Waals surface area contributed by atoms with Crippen LogP contribution in [0.4, 0.5) is 11.4 Å². The number of nitrogens with two attached hydrogens (primary N) is 1. The van der Waals surface area contributed by atoms with Crippen molar-refractivity contribution in [1.29, 1.82) is 0 Å². The molecule has 5 nitrogen and oxygen atoms in total. The lowest BCUT2D eigenvalue weighted by molar-refractivity contribution is -0.384. The van der Waals surface area contributed by atoms with Gasteiger partial charge in [0.25, 0.3) is 5.69 Å². The molecular weight excluding hydrogens is 273 g/mol. The number of nitrogens with one attached hydrogen (secondary N) is 1. The average Bonchev–Trinajstić information content (AvgIpc) is 2.04. The summed E-state index contributed by atoms with van der Waals surface area (Å²) in [6, 6.07) is 4.76. The van der Waals surface area contributed by atoms with Crippen LogP contribution >= 0.6 is 22.6 Å². The van der Waals surface area contributed by atoms with E-state index in [1.54, 1.807) is 12.1 Å². The minimum absolute atomic E-state index is 0.00981. The second kappa shape index (κ2) is 3.68. The number of anilines is 1. The molecule has 0 radical (unpaired) electrons. The van der Waals surface area contributed by atoms with Crippen molar-refractivity contribution in [2.24, 2.45) is 5.84 Å². The summed E-state index contributed by atoms with van der Waals surface area (Å²) < 4.78 is 0.804. The second-order valence-electron chi connectivity index (χ2n) is 2.06. The molecule has 0 aromatic heterocycles. The predicted octanol–water partition coefficient (Wildman–Crippen LogP) is 1.49. The van der Waals surface area contributed by atoms with Crippen LogP contribution < -0.4 is 11.3 Å². The Bertz CT molecular complexity index is 316. The average molecular weight is 279 g/mol. The monoisotopic (exact) mass is 279 g/mol. The van der Waals surface area contributed by atoms with E-state index in [4.69, 9.17) is 5.84 Å². The Morgan fingerprint density at radius 3 is 2.75 bits per heavy atom. The fraction of sp³-hybridized carbons (Fsp3) is 0. The highest BCUT2D eigenvalue weighted by atomic mass is 127. The first-order chi connectivity index (χ1) is 5.65. The Hall–Kier alpha value is -0.890. The van der Waals surface area contributed by atoms with Gasteiger partial charge in [0.05, 0.1) is 4.92 Å². The summed E-state index contributed by atoms with van der Waals surface area (Å²) in [7, 11) is 0. The number of nitro groups is 1. The minimum atomic E-state index is -0.475. The van der Waals surface area contributed by atoms with Gasteiger partial charge in [-0.05, 0) is 34.7 Å². The third kappa shape index (κ3) is 1.83. The minimum Gasteiger partial charge on any atom is -0.318 e. The lowest BCUT2D eigenvalue weighted by Gasteiger charge is -2.00. The molecular formula is C6H6IN3O2. The highest BCUT2D eigenvalue weighted by molar-refractivity contribution is 14.1. The van der Waals surface area contributed by atoms with Crippen LogP contribution in [0.2, 0.25) is 0 Å². The van der Waals surface area contributed by atoms with Crippen LogP contribution in [0.5, 0.6) is 0 Å². The molecule has 0 aliphatic rings. The van der Waals surface area contributed by atoms with E-state index in [9.17, 15) is 10.1 Å². The van der Waals surface area contributed by atoms with Gasteiger partial charge in [-0.15, -0.1) is 0 Å². The quantitative estimate of drug-likeness (QED) is 0.372. The number of halogens is 1. The van der Waals surface area contributed by atoms with E-state index < -0.39 is 4.92 Å². The van der Waals surface area contributed by atoms with Gasteiger partial charge >= 0.3 is 0 Å². The van der Waals surface area contributed by atoms with E-state index in [-0.39, 0.29) is 5.69 Å². The summed E-state index contributed by atoms with van der Waals surface area (Å²) in [5.41, 5.74) is 2.57. The third-order valence-electron chi connectivity index (χ3n) is 1.31. The molecule has 0 spiro atoms. The van der Waals surface area contributed by atoms with Crippen molar-refractivity contribution in [3.63, 3.8) is 0 Å². The van der Waals surface area contributed by atoms with Gasteiger partial charge in [0.1, 0.15) is 5.69 Å². The van der Waals surface area contributed by atoms with Crippen molar-refractivity contribution in [3.05, 3.63) is 31.9 Å². The normalized spacial score (nSPS) is 9.50. The number of hydrazine groups is 1. The van der Waals surface area contributed by atoms with E-state index in [0.717, 1.165) is 3.57 Å². The van der Waals surface area contributed by atoms with E-state index in [0.29, 0.717) is 5.69 Å². The topological polar surface area (TPSA) is 81.2 Å². The fourth-order valence-electron chi connectivity index (χ4n) is 0.778. The zero-order valence-corrected chi connectivity index (χ0v) is 8.11. The smallest absolute Gasteiger partial charge is 0.294 e. The Morgan fingerprint density at radius 1 is 1.58 bits per heavy atom. The summed E-state index contributed by atoms with van der Waals surface area (Å²) in [4.78, 5) is 9.96. The Labute approximate surface area is 82.2 Å². The number of nitrogen functional groups attached to an aromatic ring is 1. The molecule has 1 rings (SSSR count). The number of rotatable bonds is 2. The molecule has 0 saturated heterocycles. The molecule has 0 aliphatic heterocycles.